The van der Waals surface area contributed by atoms with Crippen LogP contribution in [0.1, 0.15) is 37.6 Å². The molecule has 1 aromatic heterocycles. The highest BCUT2D eigenvalue weighted by Crippen LogP contribution is 2.16. The Morgan fingerprint density at radius 2 is 2.11 bits per heavy atom. The van der Waals surface area contributed by atoms with Gasteiger partial charge in [-0.2, -0.15) is 0 Å². The zero-order chi connectivity index (χ0) is 14.5. The van der Waals surface area contributed by atoms with Crippen molar-refractivity contribution < 1.29 is 4.79 Å². The van der Waals surface area contributed by atoms with Crippen LogP contribution < -0.4 is 11.3 Å². The fourth-order valence-electron chi connectivity index (χ4n) is 1.83. The first-order chi connectivity index (χ1) is 8.89. The number of carbonyl (C=O) groups excluding carboxylic acids is 1. The third kappa shape index (κ3) is 4.52. The van der Waals surface area contributed by atoms with E-state index in [0.717, 1.165) is 6.42 Å². The fourth-order valence-corrected chi connectivity index (χ4v) is 1.83. The van der Waals surface area contributed by atoms with Crippen LogP contribution in [-0.4, -0.2) is 35.4 Å². The van der Waals surface area contributed by atoms with Gasteiger partial charge in [-0.1, -0.05) is 20.8 Å². The minimum atomic E-state index is -0.208. The molecule has 106 valence electrons. The van der Waals surface area contributed by atoms with Crippen LogP contribution in [0.2, 0.25) is 0 Å². The predicted octanol–water partition coefficient (Wildman–Crippen LogP) is 1.21. The first kappa shape index (κ1) is 15.4. The Labute approximate surface area is 113 Å². The largest absolute Gasteiger partial charge is 0.338 e. The average molecular weight is 265 g/mol. The van der Waals surface area contributed by atoms with Gasteiger partial charge in [-0.15, -0.1) is 0 Å². The number of aromatic amines is 1. The molecule has 1 heterocycles. The monoisotopic (exact) mass is 265 g/mol. The summed E-state index contributed by atoms with van der Waals surface area (Å²) < 4.78 is 0. The SMILES string of the molecule is CCCN(CC(C)(C)CN)C(=O)c1ccc(=O)[nH]c1. The van der Waals surface area contributed by atoms with E-state index >= 15 is 0 Å². The van der Waals surface area contributed by atoms with Crippen LogP contribution in [0.5, 0.6) is 0 Å². The van der Waals surface area contributed by atoms with Gasteiger partial charge in [0.2, 0.25) is 5.56 Å². The molecular weight excluding hydrogens is 242 g/mol. The number of rotatable bonds is 6. The second-order valence-corrected chi connectivity index (χ2v) is 5.54. The first-order valence-corrected chi connectivity index (χ1v) is 6.57. The van der Waals surface area contributed by atoms with Crippen molar-refractivity contribution in [1.82, 2.24) is 9.88 Å². The molecule has 0 atom stereocenters. The standard InChI is InChI=1S/C14H23N3O2/c1-4-7-17(10-14(2,3)9-15)13(19)11-5-6-12(18)16-8-11/h5-6,8H,4,7,9-10,15H2,1-3H3,(H,16,18). The Morgan fingerprint density at radius 3 is 2.58 bits per heavy atom. The second kappa shape index (κ2) is 6.52. The van der Waals surface area contributed by atoms with E-state index in [9.17, 15) is 9.59 Å². The summed E-state index contributed by atoms with van der Waals surface area (Å²) in [6.07, 6.45) is 2.35. The Morgan fingerprint density at radius 1 is 1.42 bits per heavy atom. The summed E-state index contributed by atoms with van der Waals surface area (Å²) in [6, 6.07) is 2.92. The number of hydrogen-bond donors (Lipinski definition) is 2. The number of pyridine rings is 1. The van der Waals surface area contributed by atoms with Gasteiger partial charge in [0.1, 0.15) is 0 Å². The van der Waals surface area contributed by atoms with Crippen molar-refractivity contribution in [2.24, 2.45) is 11.1 Å². The highest BCUT2D eigenvalue weighted by molar-refractivity contribution is 5.93. The van der Waals surface area contributed by atoms with Crippen molar-refractivity contribution in [3.8, 4) is 0 Å². The highest BCUT2D eigenvalue weighted by atomic mass is 16.2. The smallest absolute Gasteiger partial charge is 0.255 e. The molecule has 0 aromatic carbocycles. The van der Waals surface area contributed by atoms with E-state index in [-0.39, 0.29) is 16.9 Å². The van der Waals surface area contributed by atoms with Crippen LogP contribution in [0.4, 0.5) is 0 Å². The van der Waals surface area contributed by atoms with E-state index in [4.69, 9.17) is 5.73 Å². The van der Waals surface area contributed by atoms with Crippen LogP contribution in [0.15, 0.2) is 23.1 Å². The number of nitrogens with zero attached hydrogens (tertiary/aromatic N) is 1. The molecule has 5 nitrogen and oxygen atoms in total. The third-order valence-corrected chi connectivity index (χ3v) is 2.98. The molecule has 1 aromatic rings. The molecule has 0 saturated carbocycles. The molecule has 5 heteroatoms. The third-order valence-electron chi connectivity index (χ3n) is 2.98. The van der Waals surface area contributed by atoms with Crippen LogP contribution >= 0.6 is 0 Å². The van der Waals surface area contributed by atoms with Gasteiger partial charge in [0.05, 0.1) is 5.56 Å². The van der Waals surface area contributed by atoms with Gasteiger partial charge in [-0.05, 0) is 24.4 Å². The maximum Gasteiger partial charge on any atom is 0.255 e. The van der Waals surface area contributed by atoms with Gasteiger partial charge in [0, 0.05) is 25.4 Å². The van der Waals surface area contributed by atoms with E-state index in [0.29, 0.717) is 25.2 Å². The topological polar surface area (TPSA) is 79.2 Å². The Bertz CT molecular complexity index is 459. The number of nitrogens with two attached hydrogens (primary N) is 1. The number of carbonyl (C=O) groups is 1. The molecule has 0 aliphatic rings. The van der Waals surface area contributed by atoms with E-state index in [1.165, 1.54) is 12.3 Å². The number of aromatic nitrogens is 1. The second-order valence-electron chi connectivity index (χ2n) is 5.54. The van der Waals surface area contributed by atoms with Gasteiger partial charge in [0.15, 0.2) is 0 Å². The Kier molecular flexibility index (Phi) is 5.30. The summed E-state index contributed by atoms with van der Waals surface area (Å²) in [7, 11) is 0. The molecule has 0 saturated heterocycles. The quantitative estimate of drug-likeness (QED) is 0.811. The van der Waals surface area contributed by atoms with Crippen molar-refractivity contribution in [1.29, 1.82) is 0 Å². The molecule has 0 unspecified atom stereocenters. The first-order valence-electron chi connectivity index (χ1n) is 6.57. The van der Waals surface area contributed by atoms with E-state index in [1.54, 1.807) is 11.0 Å². The number of nitrogens with one attached hydrogen (secondary N) is 1. The molecular formula is C14H23N3O2. The number of H-pyrrole nitrogens is 1. The Balaban J connectivity index is 2.89. The lowest BCUT2D eigenvalue weighted by Crippen LogP contribution is -2.42. The van der Waals surface area contributed by atoms with E-state index in [1.807, 2.05) is 20.8 Å². The normalized spacial score (nSPS) is 11.4. The maximum atomic E-state index is 12.4. The van der Waals surface area contributed by atoms with Crippen LogP contribution in [0.25, 0.3) is 0 Å². The predicted molar refractivity (Wildman–Crippen MR) is 76.1 cm³/mol. The fraction of sp³-hybridized carbons (Fsp3) is 0.571. The number of hydrogen-bond acceptors (Lipinski definition) is 3. The average Bonchev–Trinajstić information content (AvgIpc) is 2.38. The lowest BCUT2D eigenvalue weighted by Gasteiger charge is -2.31. The lowest BCUT2D eigenvalue weighted by molar-refractivity contribution is 0.0689. The minimum absolute atomic E-state index is 0.0698. The molecule has 19 heavy (non-hydrogen) atoms. The van der Waals surface area contributed by atoms with Crippen molar-refractivity contribution >= 4 is 5.91 Å². The molecule has 0 spiro atoms. The van der Waals surface area contributed by atoms with Crippen molar-refractivity contribution in [2.75, 3.05) is 19.6 Å². The summed E-state index contributed by atoms with van der Waals surface area (Å²) in [5.74, 6) is -0.0698. The van der Waals surface area contributed by atoms with Crippen LogP contribution in [-0.2, 0) is 0 Å². The molecule has 1 rings (SSSR count). The zero-order valence-electron chi connectivity index (χ0n) is 11.9. The summed E-state index contributed by atoms with van der Waals surface area (Å²) in [4.78, 5) is 27.7. The van der Waals surface area contributed by atoms with Gasteiger partial charge < -0.3 is 15.6 Å². The highest BCUT2D eigenvalue weighted by Gasteiger charge is 2.24. The molecule has 0 bridgehead atoms. The molecule has 0 aliphatic carbocycles. The number of amides is 1. The van der Waals surface area contributed by atoms with Gasteiger partial charge >= 0.3 is 0 Å². The van der Waals surface area contributed by atoms with Crippen molar-refractivity contribution in [2.45, 2.75) is 27.2 Å². The van der Waals surface area contributed by atoms with Crippen molar-refractivity contribution in [3.05, 3.63) is 34.2 Å². The van der Waals surface area contributed by atoms with Crippen molar-refractivity contribution in [3.63, 3.8) is 0 Å². The van der Waals surface area contributed by atoms with Gasteiger partial charge in [0.25, 0.3) is 5.91 Å². The minimum Gasteiger partial charge on any atom is -0.338 e. The van der Waals surface area contributed by atoms with Crippen LogP contribution in [0.3, 0.4) is 0 Å². The van der Waals surface area contributed by atoms with E-state index in [2.05, 4.69) is 4.98 Å². The van der Waals surface area contributed by atoms with Crippen LogP contribution in [0, 0.1) is 5.41 Å². The maximum absolute atomic E-state index is 12.4. The molecule has 3 N–H and O–H groups in total. The summed E-state index contributed by atoms with van der Waals surface area (Å²) >= 11 is 0. The zero-order valence-corrected chi connectivity index (χ0v) is 11.9. The van der Waals surface area contributed by atoms with Gasteiger partial charge in [-0.25, -0.2) is 0 Å². The molecule has 0 radical (unpaired) electrons. The molecule has 0 fully saturated rings. The van der Waals surface area contributed by atoms with Gasteiger partial charge in [-0.3, -0.25) is 9.59 Å². The summed E-state index contributed by atoms with van der Waals surface area (Å²) in [6.45, 7) is 7.91. The lowest BCUT2D eigenvalue weighted by atomic mass is 9.92. The molecule has 0 aliphatic heterocycles. The van der Waals surface area contributed by atoms with E-state index < -0.39 is 0 Å². The summed E-state index contributed by atoms with van der Waals surface area (Å²) in [5, 5.41) is 0. The summed E-state index contributed by atoms with van der Waals surface area (Å²) in [5.41, 5.74) is 5.90. The molecule has 1 amide bonds. The Hall–Kier alpha value is -1.62.